The molecule has 3 aromatic carbocycles. The molecule has 0 saturated heterocycles. The van der Waals surface area contributed by atoms with Crippen LogP contribution in [0.1, 0.15) is 33.9 Å². The van der Waals surface area contributed by atoms with Gasteiger partial charge in [-0.05, 0) is 87.2 Å². The molecule has 0 bridgehead atoms. The highest BCUT2D eigenvalue weighted by atomic mass is 79.9. The third-order valence-electron chi connectivity index (χ3n) is 7.26. The summed E-state index contributed by atoms with van der Waals surface area (Å²) in [6, 6.07) is 19.3. The van der Waals surface area contributed by atoms with Crippen molar-refractivity contribution < 1.29 is 30.8 Å². The molecule has 1 aliphatic heterocycles. The summed E-state index contributed by atoms with van der Waals surface area (Å²) in [4.78, 5) is 13.4. The summed E-state index contributed by atoms with van der Waals surface area (Å²) in [5, 5.41) is 2.89. The zero-order chi connectivity index (χ0) is 28.3. The Hall–Kier alpha value is -3.83. The molecule has 1 aromatic heterocycles. The van der Waals surface area contributed by atoms with Crippen LogP contribution in [0, 0.1) is 0 Å². The Labute approximate surface area is 236 Å². The molecule has 11 heteroatoms. The highest BCUT2D eigenvalue weighted by Gasteiger charge is 2.50. The monoisotopic (exact) mass is 628 g/mol. The van der Waals surface area contributed by atoms with Crippen molar-refractivity contribution in [2.75, 3.05) is 10.0 Å². The number of amides is 1. The van der Waals surface area contributed by atoms with Crippen LogP contribution in [0.3, 0.4) is 0 Å². The Morgan fingerprint density at radius 2 is 1.75 bits per heavy atom. The van der Waals surface area contributed by atoms with Crippen molar-refractivity contribution in [1.82, 2.24) is 0 Å². The first-order valence-electron chi connectivity index (χ1n) is 12.1. The third-order valence-corrected chi connectivity index (χ3v) is 9.07. The number of nitrogens with one attached hydrogen (secondary N) is 2. The second-order valence-corrected chi connectivity index (χ2v) is 12.2. The summed E-state index contributed by atoms with van der Waals surface area (Å²) in [5.41, 5.74) is 1.06. The average molecular weight is 629 g/mol. The van der Waals surface area contributed by atoms with E-state index in [1.165, 1.54) is 18.2 Å². The smallest absolute Gasteiger partial charge is 0.416 e. The number of fused-ring (bicyclic) bond motifs is 2. The minimum Gasteiger partial charge on any atom is -0.454 e. The number of benzene rings is 3. The number of hydrogen-bond acceptors (Lipinski definition) is 4. The normalized spacial score (nSPS) is 19.8. The average Bonchev–Trinajstić information content (AvgIpc) is 3.58. The summed E-state index contributed by atoms with van der Waals surface area (Å²) in [5.74, 6) is -0.429. The Balaban J connectivity index is 1.40. The molecule has 4 aromatic rings. The van der Waals surface area contributed by atoms with Gasteiger partial charge in [0.15, 0.2) is 4.67 Å². The van der Waals surface area contributed by atoms with Crippen LogP contribution in [-0.4, -0.2) is 14.3 Å². The molecule has 1 amide bonds. The fourth-order valence-corrected chi connectivity index (χ4v) is 6.93. The van der Waals surface area contributed by atoms with Crippen LogP contribution in [-0.2, 0) is 32.8 Å². The zero-order valence-electron chi connectivity index (χ0n) is 20.5. The molecule has 0 saturated carbocycles. The van der Waals surface area contributed by atoms with E-state index in [1.807, 2.05) is 42.5 Å². The van der Waals surface area contributed by atoms with Crippen LogP contribution in [0.15, 0.2) is 98.9 Å². The molecule has 1 aliphatic carbocycles. The number of allylic oxidation sites excluding steroid dienone is 1. The number of sulfonamides is 1. The van der Waals surface area contributed by atoms with Crippen LogP contribution in [0.4, 0.5) is 24.5 Å². The van der Waals surface area contributed by atoms with Gasteiger partial charge in [-0.15, -0.1) is 0 Å². The zero-order valence-corrected chi connectivity index (χ0v) is 22.9. The van der Waals surface area contributed by atoms with Crippen LogP contribution in [0.2, 0.25) is 0 Å². The van der Waals surface area contributed by atoms with Crippen molar-refractivity contribution in [2.45, 2.75) is 28.8 Å². The number of anilines is 2. The lowest BCUT2D eigenvalue weighted by Crippen LogP contribution is -2.37. The molecule has 0 radical (unpaired) electrons. The van der Waals surface area contributed by atoms with Gasteiger partial charge in [-0.25, -0.2) is 8.42 Å². The predicted octanol–water partition coefficient (Wildman–Crippen LogP) is 7.10. The van der Waals surface area contributed by atoms with E-state index in [1.54, 1.807) is 6.07 Å². The molecule has 2 N–H and O–H groups in total. The Bertz CT molecular complexity index is 1780. The molecule has 2 atom stereocenters. The van der Waals surface area contributed by atoms with Crippen LogP contribution >= 0.6 is 15.9 Å². The maximum atomic E-state index is 13.6. The minimum absolute atomic E-state index is 0.0215. The topological polar surface area (TPSA) is 88.4 Å². The van der Waals surface area contributed by atoms with E-state index in [0.717, 1.165) is 35.4 Å². The van der Waals surface area contributed by atoms with E-state index in [2.05, 4.69) is 26.0 Å². The second kappa shape index (κ2) is 9.38. The lowest BCUT2D eigenvalue weighted by atomic mass is 9.67. The van der Waals surface area contributed by atoms with Crippen LogP contribution < -0.4 is 10.0 Å². The standard InChI is InChI=1S/C29H20BrF3N2O4S/c30-25-12-9-20(39-25)16-28(14-13-17-3-1-2-4-23(17)28)26-22-15-21(10-11-24(22)34-27(26)36)40(37,38)35-19-7-5-18(6-8-19)29(31,32)33/h1-15,26,35H,16H2,(H,34,36). The second-order valence-electron chi connectivity index (χ2n) is 9.70. The molecule has 2 unspecified atom stereocenters. The number of hydrogen-bond donors (Lipinski definition) is 2. The van der Waals surface area contributed by atoms with Gasteiger partial charge in [0.1, 0.15) is 5.76 Å². The molecule has 6 nitrogen and oxygen atoms in total. The van der Waals surface area contributed by atoms with Crippen molar-refractivity contribution in [3.63, 3.8) is 0 Å². The van der Waals surface area contributed by atoms with Crippen LogP contribution in [0.25, 0.3) is 6.08 Å². The highest BCUT2D eigenvalue weighted by Crippen LogP contribution is 2.53. The maximum Gasteiger partial charge on any atom is 0.416 e. The summed E-state index contributed by atoms with van der Waals surface area (Å²) in [6.07, 6.45) is -0.286. The first kappa shape index (κ1) is 26.4. The van der Waals surface area contributed by atoms with Gasteiger partial charge in [0.2, 0.25) is 5.91 Å². The lowest BCUT2D eigenvalue weighted by Gasteiger charge is -2.34. The van der Waals surface area contributed by atoms with Crippen molar-refractivity contribution >= 4 is 49.3 Å². The van der Waals surface area contributed by atoms with E-state index in [9.17, 15) is 26.4 Å². The maximum absolute atomic E-state index is 13.6. The summed E-state index contributed by atoms with van der Waals surface area (Å²) >= 11 is 3.33. The molecule has 2 heterocycles. The van der Waals surface area contributed by atoms with Gasteiger partial charge in [0.05, 0.1) is 16.4 Å². The Kier molecular flexibility index (Phi) is 6.19. The number of carbonyl (C=O) groups excluding carboxylic acids is 1. The summed E-state index contributed by atoms with van der Waals surface area (Å²) < 4.78 is 74.1. The number of rotatable bonds is 6. The minimum atomic E-state index is -4.54. The summed E-state index contributed by atoms with van der Waals surface area (Å²) in [6.45, 7) is 0. The van der Waals surface area contributed by atoms with E-state index >= 15 is 0 Å². The van der Waals surface area contributed by atoms with Gasteiger partial charge < -0.3 is 9.73 Å². The van der Waals surface area contributed by atoms with Gasteiger partial charge >= 0.3 is 6.18 Å². The largest absolute Gasteiger partial charge is 0.454 e. The van der Waals surface area contributed by atoms with E-state index in [-0.39, 0.29) is 16.5 Å². The molecule has 0 spiro atoms. The Morgan fingerprint density at radius 3 is 2.45 bits per heavy atom. The quantitative estimate of drug-likeness (QED) is 0.238. The number of furan rings is 1. The SMILES string of the molecule is O=C1Nc2ccc(S(=O)(=O)Nc3ccc(C(F)(F)F)cc3)cc2C1C1(Cc2ccc(Br)o2)C=Cc2ccccc21. The highest BCUT2D eigenvalue weighted by molar-refractivity contribution is 9.10. The molecular formula is C29H20BrF3N2O4S. The van der Waals surface area contributed by atoms with Crippen molar-refractivity contribution in [3.05, 3.63) is 118 Å². The number of alkyl halides is 3. The van der Waals surface area contributed by atoms with Crippen LogP contribution in [0.5, 0.6) is 0 Å². The van der Waals surface area contributed by atoms with Crippen molar-refractivity contribution in [2.24, 2.45) is 0 Å². The molecule has 2 aliphatic rings. The van der Waals surface area contributed by atoms with Gasteiger partial charge in [0.25, 0.3) is 10.0 Å². The molecular weight excluding hydrogens is 609 g/mol. The molecule has 6 rings (SSSR count). The van der Waals surface area contributed by atoms with E-state index in [4.69, 9.17) is 4.42 Å². The molecule has 204 valence electrons. The first-order valence-corrected chi connectivity index (χ1v) is 14.4. The predicted molar refractivity (Wildman–Crippen MR) is 147 cm³/mol. The number of carbonyl (C=O) groups is 1. The van der Waals surface area contributed by atoms with E-state index in [0.29, 0.717) is 28.1 Å². The molecule has 0 fully saturated rings. The van der Waals surface area contributed by atoms with Gasteiger partial charge in [-0.2, -0.15) is 13.2 Å². The fourth-order valence-electron chi connectivity index (χ4n) is 5.50. The van der Waals surface area contributed by atoms with Crippen molar-refractivity contribution in [3.8, 4) is 0 Å². The third kappa shape index (κ3) is 4.52. The molecule has 40 heavy (non-hydrogen) atoms. The number of halogens is 4. The lowest BCUT2D eigenvalue weighted by molar-refractivity contribution is -0.137. The van der Waals surface area contributed by atoms with Gasteiger partial charge in [-0.1, -0.05) is 36.4 Å². The van der Waals surface area contributed by atoms with Gasteiger partial charge in [-0.3, -0.25) is 9.52 Å². The first-order chi connectivity index (χ1) is 19.0. The van der Waals surface area contributed by atoms with Crippen molar-refractivity contribution in [1.29, 1.82) is 0 Å². The van der Waals surface area contributed by atoms with E-state index < -0.39 is 33.1 Å². The summed E-state index contributed by atoms with van der Waals surface area (Å²) in [7, 11) is -4.20. The fraction of sp³-hybridized carbons (Fsp3) is 0.138. The van der Waals surface area contributed by atoms with Gasteiger partial charge in [0, 0.05) is 23.2 Å². The Morgan fingerprint density at radius 1 is 1.00 bits per heavy atom.